The zero-order valence-electron chi connectivity index (χ0n) is 9.56. The fraction of sp³-hybridized carbons (Fsp3) is 0.692. The predicted molar refractivity (Wildman–Crippen MR) is 68.1 cm³/mol. The molecule has 0 bridgehead atoms. The summed E-state index contributed by atoms with van der Waals surface area (Å²) >= 11 is 1.85. The monoisotopic (exact) mass is 236 g/mol. The lowest BCUT2D eigenvalue weighted by molar-refractivity contribution is 0.439. The van der Waals surface area contributed by atoms with E-state index in [2.05, 4.69) is 22.9 Å². The van der Waals surface area contributed by atoms with Crippen LogP contribution >= 0.6 is 11.3 Å². The maximum atomic E-state index is 5.74. The topological polar surface area (TPSA) is 38.0 Å². The number of nitrogens with one attached hydrogen (secondary N) is 1. The average molecular weight is 236 g/mol. The van der Waals surface area contributed by atoms with Gasteiger partial charge < -0.3 is 0 Å². The van der Waals surface area contributed by atoms with E-state index in [1.54, 1.807) is 0 Å². The zero-order valence-corrected chi connectivity index (χ0v) is 10.4. The first kappa shape index (κ1) is 10.8. The van der Waals surface area contributed by atoms with E-state index in [1.807, 2.05) is 11.3 Å². The molecule has 2 saturated carbocycles. The summed E-state index contributed by atoms with van der Waals surface area (Å²) in [6.45, 7) is 0. The maximum absolute atomic E-state index is 5.74. The molecular formula is C13H20N2S. The number of rotatable bonds is 4. The summed E-state index contributed by atoms with van der Waals surface area (Å²) in [7, 11) is 0. The van der Waals surface area contributed by atoms with Gasteiger partial charge in [-0.05, 0) is 48.5 Å². The van der Waals surface area contributed by atoms with Gasteiger partial charge in [-0.15, -0.1) is 11.3 Å². The van der Waals surface area contributed by atoms with Crippen LogP contribution < -0.4 is 11.3 Å². The Morgan fingerprint density at radius 1 is 1.38 bits per heavy atom. The molecule has 1 aromatic rings. The molecule has 0 radical (unpaired) electrons. The Balaban J connectivity index is 1.63. The highest BCUT2D eigenvalue weighted by Crippen LogP contribution is 2.57. The third-order valence-electron chi connectivity index (χ3n) is 4.40. The van der Waals surface area contributed by atoms with Crippen molar-refractivity contribution in [2.75, 3.05) is 0 Å². The number of thiophene rings is 1. The van der Waals surface area contributed by atoms with E-state index in [4.69, 9.17) is 5.84 Å². The fourth-order valence-electron chi connectivity index (χ4n) is 3.60. The van der Waals surface area contributed by atoms with Crippen LogP contribution in [0.15, 0.2) is 17.5 Å². The molecule has 3 N–H and O–H groups in total. The van der Waals surface area contributed by atoms with Crippen molar-refractivity contribution in [3.8, 4) is 0 Å². The molecule has 2 nitrogen and oxygen atoms in total. The van der Waals surface area contributed by atoms with Crippen molar-refractivity contribution >= 4 is 11.3 Å². The number of nitrogens with two attached hydrogens (primary N) is 1. The van der Waals surface area contributed by atoms with Gasteiger partial charge in [0.2, 0.25) is 0 Å². The standard InChI is InChI=1S/C13H20N2S/c14-15-12(8-9-4-3-7-16-9)13-10-5-1-2-6-11(10)13/h3-4,7,10-13,15H,1-2,5-6,8,14H2. The summed E-state index contributed by atoms with van der Waals surface area (Å²) in [6, 6.07) is 4.86. The lowest BCUT2D eigenvalue weighted by Gasteiger charge is -2.15. The molecule has 0 amide bonds. The van der Waals surface area contributed by atoms with E-state index in [0.717, 1.165) is 24.2 Å². The molecule has 2 fully saturated rings. The van der Waals surface area contributed by atoms with Gasteiger partial charge in [0.05, 0.1) is 0 Å². The van der Waals surface area contributed by atoms with E-state index < -0.39 is 0 Å². The van der Waals surface area contributed by atoms with Gasteiger partial charge >= 0.3 is 0 Å². The van der Waals surface area contributed by atoms with Gasteiger partial charge in [-0.2, -0.15) is 0 Å². The second-order valence-corrected chi connectivity index (χ2v) is 6.28. The molecule has 3 unspecified atom stereocenters. The van der Waals surface area contributed by atoms with Crippen LogP contribution in [0.3, 0.4) is 0 Å². The molecular weight excluding hydrogens is 216 g/mol. The van der Waals surface area contributed by atoms with Crippen LogP contribution in [-0.4, -0.2) is 6.04 Å². The SMILES string of the molecule is NNC(Cc1cccs1)C1C2CCCCC21. The predicted octanol–water partition coefficient (Wildman–Crippen LogP) is 2.56. The summed E-state index contributed by atoms with van der Waals surface area (Å²) in [6.07, 6.45) is 6.88. The van der Waals surface area contributed by atoms with Gasteiger partial charge in [0.1, 0.15) is 0 Å². The molecule has 0 aliphatic heterocycles. The Hall–Kier alpha value is -0.380. The van der Waals surface area contributed by atoms with Crippen LogP contribution in [0, 0.1) is 17.8 Å². The van der Waals surface area contributed by atoms with Crippen LogP contribution in [-0.2, 0) is 6.42 Å². The summed E-state index contributed by atoms with van der Waals surface area (Å²) in [5.41, 5.74) is 3.07. The van der Waals surface area contributed by atoms with Gasteiger partial charge in [0.15, 0.2) is 0 Å². The Morgan fingerprint density at radius 3 is 2.69 bits per heavy atom. The summed E-state index contributed by atoms with van der Waals surface area (Å²) in [5, 5.41) is 2.16. The number of fused-ring (bicyclic) bond motifs is 1. The van der Waals surface area contributed by atoms with E-state index >= 15 is 0 Å². The fourth-order valence-corrected chi connectivity index (χ4v) is 4.36. The van der Waals surface area contributed by atoms with Gasteiger partial charge in [-0.25, -0.2) is 0 Å². The second-order valence-electron chi connectivity index (χ2n) is 5.25. The molecule has 3 heteroatoms. The van der Waals surface area contributed by atoms with Crippen LogP contribution in [0.1, 0.15) is 30.6 Å². The lowest BCUT2D eigenvalue weighted by Crippen LogP contribution is -2.39. The normalized spacial score (nSPS) is 34.4. The minimum Gasteiger partial charge on any atom is -0.271 e. The smallest absolute Gasteiger partial charge is 0.0292 e. The average Bonchev–Trinajstić information content (AvgIpc) is 2.81. The number of hydrogen-bond acceptors (Lipinski definition) is 3. The van der Waals surface area contributed by atoms with Gasteiger partial charge in [0.25, 0.3) is 0 Å². The van der Waals surface area contributed by atoms with Crippen molar-refractivity contribution in [3.63, 3.8) is 0 Å². The quantitative estimate of drug-likeness (QED) is 0.623. The van der Waals surface area contributed by atoms with E-state index in [0.29, 0.717) is 6.04 Å². The summed E-state index contributed by atoms with van der Waals surface area (Å²) in [5.74, 6) is 8.56. The van der Waals surface area contributed by atoms with Crippen LogP contribution in [0.2, 0.25) is 0 Å². The molecule has 3 rings (SSSR count). The second kappa shape index (κ2) is 4.47. The van der Waals surface area contributed by atoms with Crippen molar-refractivity contribution < 1.29 is 0 Å². The largest absolute Gasteiger partial charge is 0.271 e. The highest BCUT2D eigenvalue weighted by Gasteiger charge is 2.53. The van der Waals surface area contributed by atoms with Crippen LogP contribution in [0.5, 0.6) is 0 Å². The Bertz CT molecular complexity index is 324. The molecule has 1 aromatic heterocycles. The van der Waals surface area contributed by atoms with Crippen molar-refractivity contribution in [2.45, 2.75) is 38.1 Å². The third-order valence-corrected chi connectivity index (χ3v) is 5.30. The summed E-state index contributed by atoms with van der Waals surface area (Å²) in [4.78, 5) is 1.46. The number of hydrazine groups is 1. The molecule has 0 aromatic carbocycles. The molecule has 16 heavy (non-hydrogen) atoms. The van der Waals surface area contributed by atoms with Crippen molar-refractivity contribution in [2.24, 2.45) is 23.6 Å². The molecule has 2 aliphatic carbocycles. The molecule has 0 saturated heterocycles. The zero-order chi connectivity index (χ0) is 11.0. The minimum atomic E-state index is 0.506. The molecule has 0 spiro atoms. The first-order valence-corrected chi connectivity index (χ1v) is 7.26. The first-order valence-electron chi connectivity index (χ1n) is 6.38. The first-order chi connectivity index (χ1) is 7.90. The van der Waals surface area contributed by atoms with Crippen LogP contribution in [0.25, 0.3) is 0 Å². The van der Waals surface area contributed by atoms with Crippen molar-refractivity contribution in [3.05, 3.63) is 22.4 Å². The Labute approximate surface area is 101 Å². The van der Waals surface area contributed by atoms with Gasteiger partial charge in [0, 0.05) is 10.9 Å². The molecule has 3 atom stereocenters. The van der Waals surface area contributed by atoms with Crippen molar-refractivity contribution in [1.29, 1.82) is 0 Å². The minimum absolute atomic E-state index is 0.506. The molecule has 1 heterocycles. The van der Waals surface area contributed by atoms with E-state index in [-0.39, 0.29) is 0 Å². The highest BCUT2D eigenvalue weighted by molar-refractivity contribution is 7.09. The van der Waals surface area contributed by atoms with E-state index in [9.17, 15) is 0 Å². The lowest BCUT2D eigenvalue weighted by atomic mass is 10.0. The highest BCUT2D eigenvalue weighted by atomic mass is 32.1. The van der Waals surface area contributed by atoms with Crippen LogP contribution in [0.4, 0.5) is 0 Å². The number of hydrogen-bond donors (Lipinski definition) is 2. The molecule has 88 valence electrons. The molecule has 2 aliphatic rings. The van der Waals surface area contributed by atoms with Gasteiger partial charge in [-0.1, -0.05) is 18.9 Å². The Kier molecular flexibility index (Phi) is 3.01. The Morgan fingerprint density at radius 2 is 2.12 bits per heavy atom. The third kappa shape index (κ3) is 1.92. The van der Waals surface area contributed by atoms with Crippen molar-refractivity contribution in [1.82, 2.24) is 5.43 Å². The summed E-state index contributed by atoms with van der Waals surface area (Å²) < 4.78 is 0. The van der Waals surface area contributed by atoms with E-state index in [1.165, 1.54) is 30.6 Å². The van der Waals surface area contributed by atoms with Gasteiger partial charge in [-0.3, -0.25) is 11.3 Å². The maximum Gasteiger partial charge on any atom is 0.0292 e.